The molecule has 0 amide bonds. The van der Waals surface area contributed by atoms with Crippen LogP contribution in [-0.4, -0.2) is 31.9 Å². The van der Waals surface area contributed by atoms with Crippen molar-refractivity contribution in [2.45, 2.75) is 19.9 Å². The highest BCUT2D eigenvalue weighted by molar-refractivity contribution is 5.33. The van der Waals surface area contributed by atoms with Crippen LogP contribution in [0, 0.1) is 6.92 Å². The number of pyridine rings is 1. The Kier molecular flexibility index (Phi) is 6.87. The molecule has 4 nitrogen and oxygen atoms in total. The average molecular weight is 300 g/mol. The average Bonchev–Trinajstić information content (AvgIpc) is 2.54. The second-order valence-corrected chi connectivity index (χ2v) is 5.18. The first-order chi connectivity index (χ1) is 10.8. The van der Waals surface area contributed by atoms with E-state index in [1.54, 1.807) is 7.11 Å². The summed E-state index contributed by atoms with van der Waals surface area (Å²) < 4.78 is 10.8. The van der Waals surface area contributed by atoms with Gasteiger partial charge in [-0.15, -0.1) is 0 Å². The maximum absolute atomic E-state index is 5.74. The first kappa shape index (κ1) is 16.5. The summed E-state index contributed by atoms with van der Waals surface area (Å²) in [5.41, 5.74) is 3.75. The SMILES string of the molecule is COCCOc1ccccc1CNCCc1ccncc1C. The Labute approximate surface area is 132 Å². The number of ether oxygens (including phenoxy) is 2. The molecule has 0 fully saturated rings. The highest BCUT2D eigenvalue weighted by Gasteiger charge is 2.03. The lowest BCUT2D eigenvalue weighted by Gasteiger charge is -2.12. The molecule has 0 spiro atoms. The van der Waals surface area contributed by atoms with Crippen LogP contribution in [0.5, 0.6) is 5.75 Å². The Hall–Kier alpha value is -1.91. The number of aryl methyl sites for hydroxylation is 1. The minimum absolute atomic E-state index is 0.573. The zero-order valence-corrected chi connectivity index (χ0v) is 13.3. The molecule has 0 aliphatic rings. The van der Waals surface area contributed by atoms with Gasteiger partial charge in [-0.1, -0.05) is 18.2 Å². The van der Waals surface area contributed by atoms with Crippen LogP contribution in [0.3, 0.4) is 0 Å². The Morgan fingerprint density at radius 1 is 1.09 bits per heavy atom. The van der Waals surface area contributed by atoms with Gasteiger partial charge in [-0.3, -0.25) is 4.98 Å². The molecule has 0 aliphatic carbocycles. The first-order valence-corrected chi connectivity index (χ1v) is 7.61. The van der Waals surface area contributed by atoms with Crippen molar-refractivity contribution in [2.24, 2.45) is 0 Å². The smallest absolute Gasteiger partial charge is 0.123 e. The summed E-state index contributed by atoms with van der Waals surface area (Å²) >= 11 is 0. The van der Waals surface area contributed by atoms with Crippen molar-refractivity contribution in [1.29, 1.82) is 0 Å². The molecule has 0 saturated heterocycles. The van der Waals surface area contributed by atoms with Gasteiger partial charge in [-0.2, -0.15) is 0 Å². The van der Waals surface area contributed by atoms with E-state index in [-0.39, 0.29) is 0 Å². The number of benzene rings is 1. The molecular weight excluding hydrogens is 276 g/mol. The number of rotatable bonds is 9. The lowest BCUT2D eigenvalue weighted by atomic mass is 10.1. The number of aromatic nitrogens is 1. The number of hydrogen-bond donors (Lipinski definition) is 1. The van der Waals surface area contributed by atoms with E-state index in [0.717, 1.165) is 25.3 Å². The van der Waals surface area contributed by atoms with Crippen LogP contribution >= 0.6 is 0 Å². The standard InChI is InChI=1S/C18H24N2O2/c1-15-13-19-9-7-16(15)8-10-20-14-17-5-3-4-6-18(17)22-12-11-21-2/h3-7,9,13,20H,8,10-12,14H2,1-2H3. The molecule has 0 bridgehead atoms. The van der Waals surface area contributed by atoms with Crippen molar-refractivity contribution < 1.29 is 9.47 Å². The van der Waals surface area contributed by atoms with E-state index < -0.39 is 0 Å². The molecular formula is C18H24N2O2. The number of nitrogens with zero attached hydrogens (tertiary/aromatic N) is 1. The molecule has 1 N–H and O–H groups in total. The minimum atomic E-state index is 0.573. The molecule has 4 heteroatoms. The highest BCUT2D eigenvalue weighted by Crippen LogP contribution is 2.17. The molecule has 0 radical (unpaired) electrons. The lowest BCUT2D eigenvalue weighted by molar-refractivity contribution is 0.145. The Morgan fingerprint density at radius 3 is 2.77 bits per heavy atom. The van der Waals surface area contributed by atoms with E-state index in [1.807, 2.05) is 30.6 Å². The maximum atomic E-state index is 5.74. The van der Waals surface area contributed by atoms with Crippen LogP contribution < -0.4 is 10.1 Å². The zero-order valence-electron chi connectivity index (χ0n) is 13.3. The molecule has 0 saturated carbocycles. The quantitative estimate of drug-likeness (QED) is 0.723. The van der Waals surface area contributed by atoms with Gasteiger partial charge in [0, 0.05) is 31.6 Å². The van der Waals surface area contributed by atoms with Gasteiger partial charge in [0.05, 0.1) is 6.61 Å². The van der Waals surface area contributed by atoms with Crippen molar-refractivity contribution >= 4 is 0 Å². The Balaban J connectivity index is 1.80. The van der Waals surface area contributed by atoms with Crippen molar-refractivity contribution in [1.82, 2.24) is 10.3 Å². The molecule has 2 rings (SSSR count). The van der Waals surface area contributed by atoms with Gasteiger partial charge in [0.1, 0.15) is 12.4 Å². The Morgan fingerprint density at radius 2 is 1.95 bits per heavy atom. The summed E-state index contributed by atoms with van der Waals surface area (Å²) in [7, 11) is 1.68. The van der Waals surface area contributed by atoms with Gasteiger partial charge in [0.15, 0.2) is 0 Å². The van der Waals surface area contributed by atoms with Gasteiger partial charge in [-0.25, -0.2) is 0 Å². The van der Waals surface area contributed by atoms with Crippen LogP contribution in [0.1, 0.15) is 16.7 Å². The second kappa shape index (κ2) is 9.18. The summed E-state index contributed by atoms with van der Waals surface area (Å²) in [5, 5.41) is 3.48. The third kappa shape index (κ3) is 5.13. The van der Waals surface area contributed by atoms with Gasteiger partial charge in [-0.05, 0) is 43.1 Å². The van der Waals surface area contributed by atoms with E-state index >= 15 is 0 Å². The van der Waals surface area contributed by atoms with Crippen molar-refractivity contribution in [3.63, 3.8) is 0 Å². The molecule has 118 valence electrons. The van der Waals surface area contributed by atoms with Crippen molar-refractivity contribution in [2.75, 3.05) is 26.9 Å². The molecule has 0 unspecified atom stereocenters. The molecule has 22 heavy (non-hydrogen) atoms. The summed E-state index contributed by atoms with van der Waals surface area (Å²) in [6, 6.07) is 10.2. The van der Waals surface area contributed by atoms with Crippen molar-refractivity contribution in [3.05, 3.63) is 59.4 Å². The number of para-hydroxylation sites is 1. The van der Waals surface area contributed by atoms with Crippen molar-refractivity contribution in [3.8, 4) is 5.75 Å². The predicted octanol–water partition coefficient (Wildman–Crippen LogP) is 2.75. The van der Waals surface area contributed by atoms with Gasteiger partial charge < -0.3 is 14.8 Å². The van der Waals surface area contributed by atoms with E-state index in [0.29, 0.717) is 13.2 Å². The van der Waals surface area contributed by atoms with Gasteiger partial charge in [0.25, 0.3) is 0 Å². The monoisotopic (exact) mass is 300 g/mol. The van der Waals surface area contributed by atoms with Crippen LogP contribution in [-0.2, 0) is 17.7 Å². The largest absolute Gasteiger partial charge is 0.491 e. The number of nitrogens with one attached hydrogen (secondary N) is 1. The summed E-state index contributed by atoms with van der Waals surface area (Å²) in [6.07, 6.45) is 4.76. The normalized spacial score (nSPS) is 10.6. The molecule has 1 heterocycles. The predicted molar refractivity (Wildman–Crippen MR) is 88.2 cm³/mol. The van der Waals surface area contributed by atoms with Crippen LogP contribution in [0.15, 0.2) is 42.7 Å². The third-order valence-electron chi connectivity index (χ3n) is 3.54. The summed E-state index contributed by atoms with van der Waals surface area (Å²) in [6.45, 7) is 5.00. The van der Waals surface area contributed by atoms with E-state index in [4.69, 9.17) is 9.47 Å². The molecule has 0 atom stereocenters. The lowest BCUT2D eigenvalue weighted by Crippen LogP contribution is -2.18. The third-order valence-corrected chi connectivity index (χ3v) is 3.54. The zero-order chi connectivity index (χ0) is 15.6. The van der Waals surface area contributed by atoms with E-state index in [9.17, 15) is 0 Å². The van der Waals surface area contributed by atoms with Gasteiger partial charge >= 0.3 is 0 Å². The number of methoxy groups -OCH3 is 1. The summed E-state index contributed by atoms with van der Waals surface area (Å²) in [5.74, 6) is 0.923. The maximum Gasteiger partial charge on any atom is 0.123 e. The molecule has 2 aromatic rings. The fraction of sp³-hybridized carbons (Fsp3) is 0.389. The van der Waals surface area contributed by atoms with E-state index in [2.05, 4.69) is 29.4 Å². The van der Waals surface area contributed by atoms with Gasteiger partial charge in [0.2, 0.25) is 0 Å². The highest BCUT2D eigenvalue weighted by atomic mass is 16.5. The first-order valence-electron chi connectivity index (χ1n) is 7.61. The van der Waals surface area contributed by atoms with E-state index in [1.165, 1.54) is 16.7 Å². The topological polar surface area (TPSA) is 43.4 Å². The fourth-order valence-corrected chi connectivity index (χ4v) is 2.25. The van der Waals surface area contributed by atoms with Crippen LogP contribution in [0.4, 0.5) is 0 Å². The molecule has 1 aromatic carbocycles. The Bertz CT molecular complexity index is 573. The fourth-order valence-electron chi connectivity index (χ4n) is 2.25. The number of hydrogen-bond acceptors (Lipinski definition) is 4. The summed E-state index contributed by atoms with van der Waals surface area (Å²) in [4.78, 5) is 4.12. The molecule has 0 aliphatic heterocycles. The van der Waals surface area contributed by atoms with Crippen LogP contribution in [0.25, 0.3) is 0 Å². The second-order valence-electron chi connectivity index (χ2n) is 5.18. The minimum Gasteiger partial charge on any atom is -0.491 e. The molecule has 1 aromatic heterocycles. The van der Waals surface area contributed by atoms with Crippen LogP contribution in [0.2, 0.25) is 0 Å².